The Morgan fingerprint density at radius 3 is 2.59 bits per heavy atom. The number of hydrogen-bond acceptors (Lipinski definition) is 5. The second-order valence-electron chi connectivity index (χ2n) is 6.65. The number of ketones is 1. The van der Waals surface area contributed by atoms with Crippen LogP contribution in [0.1, 0.15) is 51.7 Å². The van der Waals surface area contributed by atoms with E-state index in [1.54, 1.807) is 6.92 Å². The van der Waals surface area contributed by atoms with E-state index in [0.717, 1.165) is 15.5 Å². The summed E-state index contributed by atoms with van der Waals surface area (Å²) >= 11 is 0. The van der Waals surface area contributed by atoms with E-state index >= 15 is 0 Å². The summed E-state index contributed by atoms with van der Waals surface area (Å²) in [4.78, 5) is 25.7. The molecule has 0 aliphatic rings. The van der Waals surface area contributed by atoms with Crippen LogP contribution in [-0.4, -0.2) is 15.5 Å². The number of rotatable bonds is 4. The van der Waals surface area contributed by atoms with Gasteiger partial charge in [-0.3, -0.25) is 14.2 Å². The summed E-state index contributed by atoms with van der Waals surface area (Å²) in [5.74, 6) is -0.878. The normalized spacial score (nSPS) is 10.9. The first kappa shape index (κ1) is 18.5. The molecule has 0 saturated carbocycles. The van der Waals surface area contributed by atoms with Crippen LogP contribution in [0.15, 0.2) is 27.4 Å². The van der Waals surface area contributed by atoms with Crippen LogP contribution in [0.25, 0.3) is 11.0 Å². The molecule has 0 unspecified atom stereocenters. The van der Waals surface area contributed by atoms with Crippen molar-refractivity contribution in [2.24, 2.45) is 0 Å². The third-order valence-electron chi connectivity index (χ3n) is 4.77. The van der Waals surface area contributed by atoms with Gasteiger partial charge in [-0.1, -0.05) is 19.1 Å². The minimum absolute atomic E-state index is 0.0709. The van der Waals surface area contributed by atoms with Gasteiger partial charge in [0.1, 0.15) is 17.2 Å². The number of carbonyl (C=O) groups is 1. The second kappa shape index (κ2) is 6.76. The Balaban J connectivity index is 2.30. The van der Waals surface area contributed by atoms with Crippen molar-refractivity contribution in [1.82, 2.24) is 4.57 Å². The van der Waals surface area contributed by atoms with Crippen LogP contribution < -0.4 is 5.56 Å². The molecule has 0 aliphatic heterocycles. The third kappa shape index (κ3) is 2.81. The first-order chi connectivity index (χ1) is 12.8. The van der Waals surface area contributed by atoms with Gasteiger partial charge < -0.3 is 9.52 Å². The minimum Gasteiger partial charge on any atom is -0.494 e. The molecule has 138 valence electrons. The van der Waals surface area contributed by atoms with Crippen LogP contribution >= 0.6 is 0 Å². The summed E-state index contributed by atoms with van der Waals surface area (Å²) in [7, 11) is 0. The first-order valence-corrected chi connectivity index (χ1v) is 8.72. The Kier molecular flexibility index (Phi) is 4.63. The monoisotopic (exact) mass is 364 g/mol. The molecule has 0 amide bonds. The SMILES string of the molecule is CCCn1c(O)c(C(=O)c2oc3cc(C)ccc3c2C)c(C)c(C#N)c1=O. The quantitative estimate of drug-likeness (QED) is 0.712. The van der Waals surface area contributed by atoms with E-state index in [4.69, 9.17) is 4.42 Å². The van der Waals surface area contributed by atoms with E-state index in [1.165, 1.54) is 6.92 Å². The summed E-state index contributed by atoms with van der Waals surface area (Å²) in [6.07, 6.45) is 0.567. The summed E-state index contributed by atoms with van der Waals surface area (Å²) in [6.45, 7) is 7.23. The Bertz CT molecular complexity index is 1180. The van der Waals surface area contributed by atoms with Gasteiger partial charge in [-0.2, -0.15) is 5.26 Å². The van der Waals surface area contributed by atoms with Gasteiger partial charge in [0.25, 0.3) is 5.56 Å². The number of carbonyl (C=O) groups excluding carboxylic acids is 1. The third-order valence-corrected chi connectivity index (χ3v) is 4.77. The molecule has 3 aromatic rings. The number of furan rings is 1. The molecule has 6 heteroatoms. The lowest BCUT2D eigenvalue weighted by Crippen LogP contribution is -2.26. The number of benzene rings is 1. The molecule has 0 aliphatic carbocycles. The standard InChI is InChI=1S/C21H20N2O4/c1-5-8-23-20(25)15(10-22)12(3)17(21(23)26)18(24)19-13(4)14-7-6-11(2)9-16(14)27-19/h6-7,9,26H,5,8H2,1-4H3. The molecular weight excluding hydrogens is 344 g/mol. The first-order valence-electron chi connectivity index (χ1n) is 8.72. The fourth-order valence-corrected chi connectivity index (χ4v) is 3.32. The van der Waals surface area contributed by atoms with Gasteiger partial charge in [-0.05, 0) is 44.4 Å². The number of hydrogen-bond donors (Lipinski definition) is 1. The number of pyridine rings is 1. The molecule has 2 heterocycles. The molecule has 0 saturated heterocycles. The van der Waals surface area contributed by atoms with E-state index in [9.17, 15) is 20.0 Å². The number of nitriles is 1. The van der Waals surface area contributed by atoms with E-state index in [-0.39, 0.29) is 29.0 Å². The summed E-state index contributed by atoms with van der Waals surface area (Å²) in [6, 6.07) is 7.50. The average molecular weight is 364 g/mol. The Morgan fingerprint density at radius 1 is 1.26 bits per heavy atom. The van der Waals surface area contributed by atoms with Crippen molar-refractivity contribution in [1.29, 1.82) is 5.26 Å². The molecule has 2 aromatic heterocycles. The van der Waals surface area contributed by atoms with Gasteiger partial charge in [0, 0.05) is 17.5 Å². The fourth-order valence-electron chi connectivity index (χ4n) is 3.32. The molecule has 6 nitrogen and oxygen atoms in total. The van der Waals surface area contributed by atoms with E-state index in [1.807, 2.05) is 38.1 Å². The number of aryl methyl sites for hydroxylation is 2. The van der Waals surface area contributed by atoms with Gasteiger partial charge in [-0.15, -0.1) is 0 Å². The Labute approximate surface area is 156 Å². The van der Waals surface area contributed by atoms with Crippen molar-refractivity contribution in [3.8, 4) is 11.9 Å². The van der Waals surface area contributed by atoms with Gasteiger partial charge in [0.15, 0.2) is 5.76 Å². The molecule has 0 radical (unpaired) electrons. The highest BCUT2D eigenvalue weighted by Crippen LogP contribution is 2.31. The minimum atomic E-state index is -0.595. The maximum Gasteiger partial charge on any atom is 0.271 e. The lowest BCUT2D eigenvalue weighted by atomic mass is 9.98. The summed E-state index contributed by atoms with van der Waals surface area (Å²) in [5, 5.41) is 20.8. The maximum absolute atomic E-state index is 13.2. The van der Waals surface area contributed by atoms with Crippen LogP contribution in [0.3, 0.4) is 0 Å². The lowest BCUT2D eigenvalue weighted by molar-refractivity contribution is 0.100. The Hall–Kier alpha value is -3.33. The van der Waals surface area contributed by atoms with Gasteiger partial charge >= 0.3 is 0 Å². The largest absolute Gasteiger partial charge is 0.494 e. The Morgan fingerprint density at radius 2 is 1.96 bits per heavy atom. The van der Waals surface area contributed by atoms with Crippen molar-refractivity contribution in [2.75, 3.05) is 0 Å². The number of aromatic hydroxyl groups is 1. The van der Waals surface area contributed by atoms with Crippen LogP contribution in [0.4, 0.5) is 0 Å². The molecule has 27 heavy (non-hydrogen) atoms. The van der Waals surface area contributed by atoms with Crippen LogP contribution in [0.5, 0.6) is 5.88 Å². The highest BCUT2D eigenvalue weighted by molar-refractivity contribution is 6.12. The van der Waals surface area contributed by atoms with Crippen molar-refractivity contribution in [3.05, 3.63) is 62.1 Å². The molecule has 0 spiro atoms. The van der Waals surface area contributed by atoms with Gasteiger partial charge in [-0.25, -0.2) is 0 Å². The zero-order chi connectivity index (χ0) is 19.9. The van der Waals surface area contributed by atoms with Crippen molar-refractivity contribution >= 4 is 16.8 Å². The molecular formula is C21H20N2O4. The zero-order valence-electron chi connectivity index (χ0n) is 15.7. The topological polar surface area (TPSA) is 96.2 Å². The highest BCUT2D eigenvalue weighted by atomic mass is 16.3. The van der Waals surface area contributed by atoms with E-state index in [2.05, 4.69) is 0 Å². The summed E-state index contributed by atoms with van der Waals surface area (Å²) in [5.41, 5.74) is 1.58. The van der Waals surface area contributed by atoms with Crippen LogP contribution in [0.2, 0.25) is 0 Å². The number of nitrogens with zero attached hydrogens (tertiary/aromatic N) is 2. The van der Waals surface area contributed by atoms with Crippen LogP contribution in [-0.2, 0) is 6.54 Å². The molecule has 0 atom stereocenters. The summed E-state index contributed by atoms with van der Waals surface area (Å²) < 4.78 is 6.85. The van der Waals surface area contributed by atoms with Crippen molar-refractivity contribution in [3.63, 3.8) is 0 Å². The van der Waals surface area contributed by atoms with E-state index < -0.39 is 17.2 Å². The number of aromatic nitrogens is 1. The van der Waals surface area contributed by atoms with Crippen molar-refractivity contribution in [2.45, 2.75) is 40.7 Å². The maximum atomic E-state index is 13.2. The smallest absolute Gasteiger partial charge is 0.271 e. The molecule has 0 fully saturated rings. The van der Waals surface area contributed by atoms with Gasteiger partial charge in [0.05, 0.1) is 5.56 Å². The van der Waals surface area contributed by atoms with Crippen molar-refractivity contribution < 1.29 is 14.3 Å². The van der Waals surface area contributed by atoms with E-state index in [0.29, 0.717) is 17.6 Å². The molecule has 3 rings (SSSR count). The predicted molar refractivity (Wildman–Crippen MR) is 101 cm³/mol. The fraction of sp³-hybridized carbons (Fsp3) is 0.286. The molecule has 0 bridgehead atoms. The molecule has 1 N–H and O–H groups in total. The lowest BCUT2D eigenvalue weighted by Gasteiger charge is -2.14. The predicted octanol–water partition coefficient (Wildman–Crippen LogP) is 3.74. The zero-order valence-corrected chi connectivity index (χ0v) is 15.7. The average Bonchev–Trinajstić information content (AvgIpc) is 2.95. The second-order valence-corrected chi connectivity index (χ2v) is 6.65. The number of fused-ring (bicyclic) bond motifs is 1. The van der Waals surface area contributed by atoms with Crippen LogP contribution in [0, 0.1) is 32.1 Å². The molecule has 1 aromatic carbocycles. The highest BCUT2D eigenvalue weighted by Gasteiger charge is 2.28. The van der Waals surface area contributed by atoms with Gasteiger partial charge in [0.2, 0.25) is 11.7 Å².